The van der Waals surface area contributed by atoms with E-state index in [1.807, 2.05) is 45.8 Å². The second-order valence-electron chi connectivity index (χ2n) is 4.89. The van der Waals surface area contributed by atoms with E-state index in [-0.39, 0.29) is 12.1 Å². The highest BCUT2D eigenvalue weighted by molar-refractivity contribution is 5.34. The molecule has 0 radical (unpaired) electrons. The largest absolute Gasteiger partial charge is 0.394 e. The number of anilines is 1. The van der Waals surface area contributed by atoms with Crippen LogP contribution in [0.2, 0.25) is 0 Å². The Labute approximate surface area is 103 Å². The molecule has 1 aromatic rings. The highest BCUT2D eigenvalue weighted by Crippen LogP contribution is 2.14. The summed E-state index contributed by atoms with van der Waals surface area (Å²) in [4.78, 5) is 10.8. The zero-order chi connectivity index (χ0) is 13.1. The molecule has 0 spiro atoms. The molecule has 5 nitrogen and oxygen atoms in total. The fraction of sp³-hybridized carbons (Fsp3) is 0.667. The smallest absolute Gasteiger partial charge is 0.144 e. The Morgan fingerprint density at radius 1 is 1.41 bits per heavy atom. The van der Waals surface area contributed by atoms with E-state index in [0.717, 1.165) is 17.3 Å². The van der Waals surface area contributed by atoms with Crippen LogP contribution in [-0.4, -0.2) is 46.2 Å². The van der Waals surface area contributed by atoms with Gasteiger partial charge in [0, 0.05) is 24.3 Å². The lowest BCUT2D eigenvalue weighted by atomic mass is 10.1. The molecule has 0 atom stereocenters. The van der Waals surface area contributed by atoms with E-state index in [9.17, 15) is 5.11 Å². The Morgan fingerprint density at radius 3 is 2.59 bits per heavy atom. The van der Waals surface area contributed by atoms with Gasteiger partial charge in [-0.3, -0.25) is 4.90 Å². The molecule has 0 unspecified atom stereocenters. The second kappa shape index (κ2) is 5.42. The third kappa shape index (κ3) is 3.64. The molecule has 96 valence electrons. The van der Waals surface area contributed by atoms with Crippen molar-refractivity contribution in [1.29, 1.82) is 0 Å². The number of likely N-dealkylation sites (N-methyl/N-ethyl adjacent to an activating group) is 1. The van der Waals surface area contributed by atoms with Crippen molar-refractivity contribution in [2.75, 3.05) is 26.0 Å². The highest BCUT2D eigenvalue weighted by Gasteiger charge is 2.23. The molecule has 1 heterocycles. The minimum atomic E-state index is -0.271. The first-order valence-corrected chi connectivity index (χ1v) is 5.73. The molecule has 17 heavy (non-hydrogen) atoms. The molecule has 0 saturated carbocycles. The Bertz CT molecular complexity index is 379. The monoisotopic (exact) mass is 238 g/mol. The van der Waals surface area contributed by atoms with Gasteiger partial charge in [-0.25, -0.2) is 9.97 Å². The number of hydrogen-bond acceptors (Lipinski definition) is 5. The first-order valence-electron chi connectivity index (χ1n) is 5.73. The van der Waals surface area contributed by atoms with Crippen LogP contribution in [0.5, 0.6) is 0 Å². The Hall–Kier alpha value is -1.20. The zero-order valence-electron chi connectivity index (χ0n) is 11.3. The van der Waals surface area contributed by atoms with Crippen molar-refractivity contribution in [2.45, 2.75) is 32.9 Å². The van der Waals surface area contributed by atoms with Gasteiger partial charge in [-0.2, -0.15) is 0 Å². The van der Waals surface area contributed by atoms with Gasteiger partial charge in [0.15, 0.2) is 0 Å². The molecular formula is C12H22N4O. The van der Waals surface area contributed by atoms with Crippen LogP contribution in [0.1, 0.15) is 25.4 Å². The number of aliphatic hydroxyl groups is 1. The van der Waals surface area contributed by atoms with E-state index in [4.69, 9.17) is 0 Å². The van der Waals surface area contributed by atoms with Gasteiger partial charge in [0.25, 0.3) is 0 Å². The van der Waals surface area contributed by atoms with Crippen LogP contribution in [-0.2, 0) is 6.54 Å². The third-order valence-electron chi connectivity index (χ3n) is 2.96. The molecule has 1 aromatic heterocycles. The van der Waals surface area contributed by atoms with Crippen LogP contribution in [0.4, 0.5) is 5.82 Å². The predicted octanol–water partition coefficient (Wildman–Crippen LogP) is 1.03. The molecule has 5 heteroatoms. The van der Waals surface area contributed by atoms with E-state index in [2.05, 4.69) is 15.3 Å². The van der Waals surface area contributed by atoms with Crippen LogP contribution in [0.15, 0.2) is 6.07 Å². The number of aromatic nitrogens is 2. The summed E-state index contributed by atoms with van der Waals surface area (Å²) in [5, 5.41) is 12.3. The van der Waals surface area contributed by atoms with Gasteiger partial charge >= 0.3 is 0 Å². The van der Waals surface area contributed by atoms with Crippen molar-refractivity contribution in [1.82, 2.24) is 14.9 Å². The summed E-state index contributed by atoms with van der Waals surface area (Å²) in [6.07, 6.45) is 0. The maximum atomic E-state index is 9.30. The number of aryl methyl sites for hydroxylation is 1. The molecule has 0 fully saturated rings. The van der Waals surface area contributed by atoms with Crippen molar-refractivity contribution >= 4 is 5.82 Å². The van der Waals surface area contributed by atoms with E-state index >= 15 is 0 Å². The predicted molar refractivity (Wildman–Crippen MR) is 68.9 cm³/mol. The molecular weight excluding hydrogens is 216 g/mol. The lowest BCUT2D eigenvalue weighted by Crippen LogP contribution is -2.44. The van der Waals surface area contributed by atoms with E-state index in [1.165, 1.54) is 0 Å². The quantitative estimate of drug-likeness (QED) is 0.802. The summed E-state index contributed by atoms with van der Waals surface area (Å²) < 4.78 is 0. The van der Waals surface area contributed by atoms with Crippen LogP contribution in [0.25, 0.3) is 0 Å². The fourth-order valence-corrected chi connectivity index (χ4v) is 1.38. The topological polar surface area (TPSA) is 61.3 Å². The standard InChI is InChI=1S/C12H22N4O/c1-9-6-10(13-4)15-11(14-9)7-16(5)12(2,3)8-17/h6,17H,7-8H2,1-5H3,(H,13,14,15). The molecule has 0 aliphatic heterocycles. The van der Waals surface area contributed by atoms with Gasteiger partial charge in [0.1, 0.15) is 11.6 Å². The molecule has 0 aliphatic carbocycles. The molecule has 0 amide bonds. The van der Waals surface area contributed by atoms with Gasteiger partial charge in [-0.1, -0.05) is 0 Å². The van der Waals surface area contributed by atoms with Crippen LogP contribution in [0, 0.1) is 6.92 Å². The van der Waals surface area contributed by atoms with Crippen LogP contribution < -0.4 is 5.32 Å². The van der Waals surface area contributed by atoms with Crippen molar-refractivity contribution in [2.24, 2.45) is 0 Å². The van der Waals surface area contributed by atoms with Crippen molar-refractivity contribution in [3.8, 4) is 0 Å². The highest BCUT2D eigenvalue weighted by atomic mass is 16.3. The molecule has 1 rings (SSSR count). The number of nitrogens with zero attached hydrogens (tertiary/aromatic N) is 3. The minimum absolute atomic E-state index is 0.105. The van der Waals surface area contributed by atoms with Crippen molar-refractivity contribution in [3.63, 3.8) is 0 Å². The molecule has 2 N–H and O–H groups in total. The summed E-state index contributed by atoms with van der Waals surface area (Å²) in [7, 11) is 3.80. The summed E-state index contributed by atoms with van der Waals surface area (Å²) >= 11 is 0. The number of hydrogen-bond donors (Lipinski definition) is 2. The van der Waals surface area contributed by atoms with Gasteiger partial charge in [0.2, 0.25) is 0 Å². The van der Waals surface area contributed by atoms with Gasteiger partial charge in [-0.15, -0.1) is 0 Å². The van der Waals surface area contributed by atoms with Crippen molar-refractivity contribution in [3.05, 3.63) is 17.6 Å². The third-order valence-corrected chi connectivity index (χ3v) is 2.96. The maximum Gasteiger partial charge on any atom is 0.144 e. The summed E-state index contributed by atoms with van der Waals surface area (Å²) in [5.74, 6) is 1.58. The molecule has 0 aliphatic rings. The normalized spacial score (nSPS) is 11.9. The van der Waals surface area contributed by atoms with Crippen LogP contribution >= 0.6 is 0 Å². The Balaban J connectivity index is 2.84. The van der Waals surface area contributed by atoms with Crippen molar-refractivity contribution < 1.29 is 5.11 Å². The Kier molecular flexibility index (Phi) is 4.42. The number of nitrogens with one attached hydrogen (secondary N) is 1. The van der Waals surface area contributed by atoms with Gasteiger partial charge < -0.3 is 10.4 Å². The molecule has 0 aromatic carbocycles. The average Bonchev–Trinajstić information content (AvgIpc) is 2.28. The summed E-state index contributed by atoms with van der Waals surface area (Å²) in [5.41, 5.74) is 0.668. The van der Waals surface area contributed by atoms with E-state index in [0.29, 0.717) is 6.54 Å². The zero-order valence-corrected chi connectivity index (χ0v) is 11.3. The SMILES string of the molecule is CNc1cc(C)nc(CN(C)C(C)(C)CO)n1. The number of aliphatic hydroxyl groups excluding tert-OH is 1. The first kappa shape index (κ1) is 13.9. The fourth-order valence-electron chi connectivity index (χ4n) is 1.38. The second-order valence-corrected chi connectivity index (χ2v) is 4.89. The minimum Gasteiger partial charge on any atom is -0.394 e. The maximum absolute atomic E-state index is 9.30. The Morgan fingerprint density at radius 2 is 2.06 bits per heavy atom. The lowest BCUT2D eigenvalue weighted by molar-refractivity contribution is 0.0714. The summed E-state index contributed by atoms with van der Waals surface area (Å²) in [6.45, 7) is 6.64. The lowest BCUT2D eigenvalue weighted by Gasteiger charge is -2.33. The first-order chi connectivity index (χ1) is 7.89. The van der Waals surface area contributed by atoms with Gasteiger partial charge in [0.05, 0.1) is 13.2 Å². The number of rotatable bonds is 5. The van der Waals surface area contributed by atoms with E-state index in [1.54, 1.807) is 0 Å². The van der Waals surface area contributed by atoms with Crippen LogP contribution in [0.3, 0.4) is 0 Å². The van der Waals surface area contributed by atoms with Gasteiger partial charge in [-0.05, 0) is 27.8 Å². The average molecular weight is 238 g/mol. The molecule has 0 saturated heterocycles. The molecule has 0 bridgehead atoms. The van der Waals surface area contributed by atoms with E-state index < -0.39 is 0 Å². The summed E-state index contributed by atoms with van der Waals surface area (Å²) in [6, 6.07) is 1.90.